The molecular weight excluding hydrogens is 533 g/mol. The minimum absolute atomic E-state index is 0.0466. The molecule has 1 unspecified atom stereocenters. The summed E-state index contributed by atoms with van der Waals surface area (Å²) in [6.45, 7) is 5.88. The van der Waals surface area contributed by atoms with E-state index in [0.29, 0.717) is 31.3 Å². The van der Waals surface area contributed by atoms with Gasteiger partial charge in [-0.15, -0.1) is 0 Å². The number of hydrazone groups is 1. The fraction of sp³-hybridized carbons (Fsp3) is 0.400. The molecule has 0 amide bonds. The summed E-state index contributed by atoms with van der Waals surface area (Å²) in [7, 11) is 1.45. The summed E-state index contributed by atoms with van der Waals surface area (Å²) in [6, 6.07) is 2.65. The number of aromatic nitrogens is 2. The van der Waals surface area contributed by atoms with E-state index in [0.717, 1.165) is 17.6 Å². The van der Waals surface area contributed by atoms with Gasteiger partial charge in [-0.2, -0.15) is 5.10 Å². The highest BCUT2D eigenvalue weighted by Gasteiger charge is 2.25. The van der Waals surface area contributed by atoms with Crippen molar-refractivity contribution in [3.8, 4) is 5.75 Å². The summed E-state index contributed by atoms with van der Waals surface area (Å²) < 4.78 is 21.1. The van der Waals surface area contributed by atoms with Gasteiger partial charge in [-0.3, -0.25) is 14.8 Å². The molecule has 2 aromatic heterocycles. The monoisotopic (exact) mass is 565 g/mol. The highest BCUT2D eigenvalue weighted by Crippen LogP contribution is 2.33. The third-order valence-corrected chi connectivity index (χ3v) is 6.76. The van der Waals surface area contributed by atoms with Crippen LogP contribution in [0.2, 0.25) is 0 Å². The first-order valence-electron chi connectivity index (χ1n) is 11.7. The molecule has 5 N–H and O–H groups in total. The van der Waals surface area contributed by atoms with E-state index in [-0.39, 0.29) is 25.0 Å². The van der Waals surface area contributed by atoms with Crippen molar-refractivity contribution in [1.82, 2.24) is 9.13 Å². The summed E-state index contributed by atoms with van der Waals surface area (Å²) in [5.74, 6) is -1.34. The van der Waals surface area contributed by atoms with Gasteiger partial charge in [-0.1, -0.05) is 11.3 Å². The number of ether oxygens (including phenoxy) is 1. The lowest BCUT2D eigenvalue weighted by atomic mass is 10.1. The second kappa shape index (κ2) is 13.3. The van der Waals surface area contributed by atoms with Crippen LogP contribution in [0.3, 0.4) is 0 Å². The number of carboxylic acid groups (broad SMARTS) is 1. The average molecular weight is 566 g/mol. The Hall–Kier alpha value is -3.88. The summed E-state index contributed by atoms with van der Waals surface area (Å²) in [4.78, 5) is 38.3. The zero-order valence-electron chi connectivity index (χ0n) is 22.2. The fourth-order valence-corrected chi connectivity index (χ4v) is 4.60. The molecule has 3 rings (SSSR count). The molecule has 0 aliphatic heterocycles. The van der Waals surface area contributed by atoms with Crippen LogP contribution in [-0.4, -0.2) is 62.2 Å². The molecule has 3 aromatic rings. The molecule has 0 fully saturated rings. The maximum atomic E-state index is 13.8. The lowest BCUT2D eigenvalue weighted by Crippen LogP contribution is -2.43. The predicted molar refractivity (Wildman–Crippen MR) is 148 cm³/mol. The first-order valence-corrected chi connectivity index (χ1v) is 12.5. The number of aliphatic carboxylic acids is 1. The summed E-state index contributed by atoms with van der Waals surface area (Å²) >= 11 is 1.10. The predicted octanol–water partition coefficient (Wildman–Crippen LogP) is 2.37. The van der Waals surface area contributed by atoms with Gasteiger partial charge in [0.1, 0.15) is 27.4 Å². The molecular formula is C25H32FN5O7S. The highest BCUT2D eigenvalue weighted by atomic mass is 32.1. The van der Waals surface area contributed by atoms with Crippen molar-refractivity contribution < 1.29 is 29.2 Å². The van der Waals surface area contributed by atoms with Crippen molar-refractivity contribution in [1.29, 1.82) is 5.41 Å². The standard InChI is InChI=1S/C21H22FN5O5S.C4H10O2/c1-11-16-18(28)27(12(2)20(29)30)21(31)26(19(16)33-17(11)25-24-8-7-23)9-6-13-10-14(22)4-5-15(13)32-3;1-4(2,6)3-5/h4-5,7-8,10,12,23,25H,6,9H2,1-3H3,(H,29,30);5-6H,3H2,1-2H3/b23-7?,24-8-;. The Bertz CT molecular complexity index is 1490. The maximum Gasteiger partial charge on any atom is 0.332 e. The number of hydrogen-bond acceptors (Lipinski definition) is 10. The van der Waals surface area contributed by atoms with Gasteiger partial charge in [0.2, 0.25) is 0 Å². The van der Waals surface area contributed by atoms with Gasteiger partial charge in [0, 0.05) is 18.3 Å². The normalized spacial score (nSPS) is 12.2. The Morgan fingerprint density at radius 2 is 2.00 bits per heavy atom. The molecule has 0 saturated carbocycles. The van der Waals surface area contributed by atoms with Crippen LogP contribution < -0.4 is 21.4 Å². The summed E-state index contributed by atoms with van der Waals surface area (Å²) in [6.07, 6.45) is 2.37. The molecule has 1 atom stereocenters. The Morgan fingerprint density at radius 1 is 1.36 bits per heavy atom. The van der Waals surface area contributed by atoms with Crippen molar-refractivity contribution >= 4 is 45.0 Å². The molecule has 39 heavy (non-hydrogen) atoms. The van der Waals surface area contributed by atoms with Crippen LogP contribution in [0.5, 0.6) is 5.75 Å². The van der Waals surface area contributed by atoms with Gasteiger partial charge in [0.05, 0.1) is 30.9 Å². The van der Waals surface area contributed by atoms with Gasteiger partial charge in [0.15, 0.2) is 0 Å². The van der Waals surface area contributed by atoms with Crippen LogP contribution in [0.25, 0.3) is 10.2 Å². The minimum atomic E-state index is -1.39. The Kier molecular flexibility index (Phi) is 10.7. The zero-order valence-corrected chi connectivity index (χ0v) is 23.0. The molecule has 2 heterocycles. The topological polar surface area (TPSA) is 179 Å². The van der Waals surface area contributed by atoms with E-state index >= 15 is 0 Å². The van der Waals surface area contributed by atoms with E-state index in [1.165, 1.54) is 43.0 Å². The lowest BCUT2D eigenvalue weighted by Gasteiger charge is -2.15. The zero-order chi connectivity index (χ0) is 29.5. The number of benzene rings is 1. The molecule has 0 spiro atoms. The first kappa shape index (κ1) is 31.3. The molecule has 12 nitrogen and oxygen atoms in total. The number of nitrogens with one attached hydrogen (secondary N) is 2. The fourth-order valence-electron chi connectivity index (χ4n) is 3.43. The number of methoxy groups -OCH3 is 1. The number of fused-ring (bicyclic) bond motifs is 1. The van der Waals surface area contributed by atoms with Crippen LogP contribution >= 0.6 is 11.3 Å². The number of aryl methyl sites for hydroxylation is 3. The highest BCUT2D eigenvalue weighted by molar-refractivity contribution is 7.22. The molecule has 1 aromatic carbocycles. The van der Waals surface area contributed by atoms with Gasteiger partial charge in [-0.25, -0.2) is 18.5 Å². The van der Waals surface area contributed by atoms with Crippen LogP contribution in [-0.2, 0) is 17.8 Å². The third-order valence-electron chi connectivity index (χ3n) is 5.54. The number of aliphatic hydroxyl groups excluding tert-OH is 1. The number of carboxylic acids is 1. The quantitative estimate of drug-likeness (QED) is 0.184. The molecule has 212 valence electrons. The Morgan fingerprint density at radius 3 is 2.54 bits per heavy atom. The van der Waals surface area contributed by atoms with Crippen LogP contribution in [0, 0.1) is 18.2 Å². The number of nitrogens with zero attached hydrogens (tertiary/aromatic N) is 3. The van der Waals surface area contributed by atoms with Gasteiger partial charge in [-0.05, 0) is 57.9 Å². The van der Waals surface area contributed by atoms with Gasteiger partial charge in [0.25, 0.3) is 5.56 Å². The van der Waals surface area contributed by atoms with Crippen LogP contribution in [0.4, 0.5) is 9.39 Å². The van der Waals surface area contributed by atoms with E-state index in [1.54, 1.807) is 20.8 Å². The number of hydrogen-bond donors (Lipinski definition) is 5. The SMILES string of the molecule is CC(C)(O)CO.COc1ccc(F)cc1CCn1c(=O)n(C(C)C(=O)O)c(=O)c2c(C)c(N/N=C\C=N)sc21. The Labute approximate surface area is 227 Å². The number of halogens is 1. The van der Waals surface area contributed by atoms with Crippen molar-refractivity contribution in [2.45, 2.75) is 52.3 Å². The molecule has 0 bridgehead atoms. The van der Waals surface area contributed by atoms with Crippen LogP contribution in [0.1, 0.15) is 37.9 Å². The van der Waals surface area contributed by atoms with E-state index in [1.807, 2.05) is 0 Å². The average Bonchev–Trinajstić information content (AvgIpc) is 3.20. The number of thiophene rings is 1. The van der Waals surface area contributed by atoms with Gasteiger partial charge >= 0.3 is 11.7 Å². The maximum absolute atomic E-state index is 13.8. The Balaban J connectivity index is 0.000000798. The van der Waals surface area contributed by atoms with Crippen LogP contribution in [0.15, 0.2) is 32.9 Å². The summed E-state index contributed by atoms with van der Waals surface area (Å²) in [5.41, 5.74) is 1.34. The molecule has 0 aliphatic carbocycles. The second-order valence-corrected chi connectivity index (χ2v) is 10.1. The largest absolute Gasteiger partial charge is 0.496 e. The number of rotatable bonds is 10. The third kappa shape index (κ3) is 7.59. The first-order chi connectivity index (χ1) is 18.3. The number of anilines is 1. The van der Waals surface area contributed by atoms with Crippen molar-refractivity contribution in [2.24, 2.45) is 5.10 Å². The van der Waals surface area contributed by atoms with E-state index in [9.17, 15) is 23.9 Å². The number of aliphatic hydroxyl groups is 2. The molecule has 0 saturated heterocycles. The smallest absolute Gasteiger partial charge is 0.332 e. The minimum Gasteiger partial charge on any atom is -0.496 e. The second-order valence-electron chi connectivity index (χ2n) is 9.09. The van der Waals surface area contributed by atoms with Crippen molar-refractivity contribution in [3.05, 3.63) is 56.0 Å². The van der Waals surface area contributed by atoms with E-state index in [4.69, 9.17) is 20.4 Å². The van der Waals surface area contributed by atoms with E-state index in [2.05, 4.69) is 10.5 Å². The number of carbonyl (C=O) groups is 1. The molecule has 14 heteroatoms. The molecule has 0 radical (unpaired) electrons. The van der Waals surface area contributed by atoms with Crippen molar-refractivity contribution in [2.75, 3.05) is 19.1 Å². The van der Waals surface area contributed by atoms with Gasteiger partial charge < -0.3 is 25.5 Å². The molecule has 0 aliphatic rings. The van der Waals surface area contributed by atoms with Crippen molar-refractivity contribution in [3.63, 3.8) is 0 Å². The lowest BCUT2D eigenvalue weighted by molar-refractivity contribution is -0.140. The van der Waals surface area contributed by atoms with E-state index < -0.39 is 34.7 Å². The summed E-state index contributed by atoms with van der Waals surface area (Å²) in [5, 5.41) is 37.7.